The van der Waals surface area contributed by atoms with Gasteiger partial charge in [-0.15, -0.1) is 0 Å². The van der Waals surface area contributed by atoms with E-state index < -0.39 is 0 Å². The highest BCUT2D eigenvalue weighted by Crippen LogP contribution is 2.52. The van der Waals surface area contributed by atoms with Gasteiger partial charge in [0.05, 0.1) is 9.26 Å². The number of anilines is 1. The summed E-state index contributed by atoms with van der Waals surface area (Å²) in [7, 11) is 0. The van der Waals surface area contributed by atoms with E-state index in [0.717, 1.165) is 36.4 Å². The van der Waals surface area contributed by atoms with Crippen LogP contribution in [0, 0.1) is 15.4 Å². The molecule has 2 bridgehead atoms. The molecule has 104 valence electrons. The number of aryl methyl sites for hydroxylation is 1. The molecule has 0 radical (unpaired) electrons. The van der Waals surface area contributed by atoms with Crippen molar-refractivity contribution in [3.8, 4) is 0 Å². The average molecular weight is 371 g/mol. The van der Waals surface area contributed by atoms with Crippen molar-refractivity contribution in [1.29, 1.82) is 0 Å². The zero-order chi connectivity index (χ0) is 13.4. The third kappa shape index (κ3) is 2.48. The molecule has 4 heteroatoms. The lowest BCUT2D eigenvalue weighted by atomic mass is 9.88. The highest BCUT2D eigenvalue weighted by atomic mass is 127. The lowest BCUT2D eigenvalue weighted by Gasteiger charge is -2.22. The molecule has 2 aliphatic carbocycles. The Labute approximate surface area is 129 Å². The van der Waals surface area contributed by atoms with Gasteiger partial charge in [0.25, 0.3) is 0 Å². The fourth-order valence-corrected chi connectivity index (χ4v) is 4.57. The van der Waals surface area contributed by atoms with Crippen LogP contribution in [-0.2, 0) is 6.42 Å². The van der Waals surface area contributed by atoms with E-state index in [-0.39, 0.29) is 0 Å². The first-order chi connectivity index (χ1) is 9.22. The summed E-state index contributed by atoms with van der Waals surface area (Å²) in [5, 5.41) is 3.40. The Balaban J connectivity index is 1.94. The van der Waals surface area contributed by atoms with E-state index >= 15 is 0 Å². The first-order valence-corrected chi connectivity index (χ1v) is 8.60. The highest BCUT2D eigenvalue weighted by Gasteiger charge is 2.41. The van der Waals surface area contributed by atoms with Crippen LogP contribution in [0.2, 0.25) is 0 Å². The number of nitrogens with zero attached hydrogens (tertiary/aromatic N) is 2. The van der Waals surface area contributed by atoms with E-state index in [2.05, 4.69) is 41.8 Å². The SMILES string of the molecule is CCNc1nc(C2CC3CCC2C3)nc(CC)c1I. The Kier molecular flexibility index (Phi) is 3.96. The Morgan fingerprint density at radius 1 is 1.21 bits per heavy atom. The Morgan fingerprint density at radius 2 is 2.05 bits per heavy atom. The number of hydrogen-bond donors (Lipinski definition) is 1. The van der Waals surface area contributed by atoms with Crippen molar-refractivity contribution >= 4 is 28.4 Å². The minimum Gasteiger partial charge on any atom is -0.369 e. The molecule has 0 aromatic carbocycles. The number of hydrogen-bond acceptors (Lipinski definition) is 3. The normalized spacial score (nSPS) is 28.9. The molecule has 1 aromatic rings. The second-order valence-corrected chi connectivity index (χ2v) is 6.94. The number of aromatic nitrogens is 2. The van der Waals surface area contributed by atoms with Crippen LogP contribution in [0.1, 0.15) is 57.0 Å². The van der Waals surface area contributed by atoms with Crippen LogP contribution >= 0.6 is 22.6 Å². The van der Waals surface area contributed by atoms with Crippen LogP contribution in [-0.4, -0.2) is 16.5 Å². The first kappa shape index (κ1) is 13.6. The summed E-state index contributed by atoms with van der Waals surface area (Å²) < 4.78 is 1.20. The molecule has 1 N–H and O–H groups in total. The molecule has 3 rings (SSSR count). The summed E-state index contributed by atoms with van der Waals surface area (Å²) in [6.07, 6.45) is 6.56. The summed E-state index contributed by atoms with van der Waals surface area (Å²) >= 11 is 2.38. The Hall–Kier alpha value is -0.390. The molecular weight excluding hydrogens is 349 g/mol. The predicted octanol–water partition coefficient (Wildman–Crippen LogP) is 3.98. The predicted molar refractivity (Wildman–Crippen MR) is 86.5 cm³/mol. The topological polar surface area (TPSA) is 37.8 Å². The molecule has 0 amide bonds. The van der Waals surface area contributed by atoms with Gasteiger partial charge in [0, 0.05) is 12.5 Å². The maximum absolute atomic E-state index is 4.88. The molecular formula is C15H22IN3. The van der Waals surface area contributed by atoms with Gasteiger partial charge in [-0.2, -0.15) is 0 Å². The molecule has 3 unspecified atom stereocenters. The smallest absolute Gasteiger partial charge is 0.143 e. The Morgan fingerprint density at radius 3 is 2.63 bits per heavy atom. The van der Waals surface area contributed by atoms with Crippen molar-refractivity contribution < 1.29 is 0 Å². The number of nitrogens with one attached hydrogen (secondary N) is 1. The lowest BCUT2D eigenvalue weighted by molar-refractivity contribution is 0.404. The van der Waals surface area contributed by atoms with E-state index in [9.17, 15) is 0 Å². The minimum absolute atomic E-state index is 0.624. The van der Waals surface area contributed by atoms with E-state index in [0.29, 0.717) is 5.92 Å². The van der Waals surface area contributed by atoms with E-state index in [4.69, 9.17) is 9.97 Å². The first-order valence-electron chi connectivity index (χ1n) is 7.53. The average Bonchev–Trinajstić information content (AvgIpc) is 3.03. The van der Waals surface area contributed by atoms with Gasteiger partial charge in [-0.25, -0.2) is 9.97 Å². The number of rotatable bonds is 4. The summed E-state index contributed by atoms with van der Waals surface area (Å²) in [6, 6.07) is 0. The summed E-state index contributed by atoms with van der Waals surface area (Å²) in [5.74, 6) is 4.58. The molecule has 2 saturated carbocycles. The number of fused-ring (bicyclic) bond motifs is 2. The molecule has 0 saturated heterocycles. The van der Waals surface area contributed by atoms with Gasteiger partial charge in [-0.1, -0.05) is 13.3 Å². The quantitative estimate of drug-likeness (QED) is 0.814. The van der Waals surface area contributed by atoms with Crippen molar-refractivity contribution in [1.82, 2.24) is 9.97 Å². The zero-order valence-electron chi connectivity index (χ0n) is 11.7. The standard InChI is InChI=1S/C15H22IN3/c1-3-12-13(16)15(17-4-2)19-14(18-12)11-8-9-5-6-10(11)7-9/h9-11H,3-8H2,1-2H3,(H,17,18,19). The second kappa shape index (κ2) is 5.54. The summed E-state index contributed by atoms with van der Waals surface area (Å²) in [6.45, 7) is 5.23. The molecule has 0 spiro atoms. The van der Waals surface area contributed by atoms with E-state index in [1.54, 1.807) is 0 Å². The van der Waals surface area contributed by atoms with Crippen molar-refractivity contribution in [2.24, 2.45) is 11.8 Å². The maximum Gasteiger partial charge on any atom is 0.143 e. The van der Waals surface area contributed by atoms with Gasteiger partial charge >= 0.3 is 0 Å². The fourth-order valence-electron chi connectivity index (χ4n) is 3.76. The van der Waals surface area contributed by atoms with Crippen LogP contribution in [0.4, 0.5) is 5.82 Å². The van der Waals surface area contributed by atoms with Gasteiger partial charge in [0.1, 0.15) is 11.6 Å². The van der Waals surface area contributed by atoms with Gasteiger partial charge in [-0.05, 0) is 67.0 Å². The number of halogens is 1. The van der Waals surface area contributed by atoms with Crippen LogP contribution in [0.15, 0.2) is 0 Å². The molecule has 1 aromatic heterocycles. The van der Waals surface area contributed by atoms with Gasteiger partial charge in [0.2, 0.25) is 0 Å². The van der Waals surface area contributed by atoms with Crippen molar-refractivity contribution in [3.63, 3.8) is 0 Å². The van der Waals surface area contributed by atoms with Crippen molar-refractivity contribution in [3.05, 3.63) is 15.1 Å². The molecule has 0 aliphatic heterocycles. The van der Waals surface area contributed by atoms with Crippen molar-refractivity contribution in [2.75, 3.05) is 11.9 Å². The lowest BCUT2D eigenvalue weighted by Crippen LogP contribution is -2.16. The monoisotopic (exact) mass is 371 g/mol. The molecule has 1 heterocycles. The second-order valence-electron chi connectivity index (χ2n) is 5.86. The van der Waals surface area contributed by atoms with Crippen LogP contribution in [0.3, 0.4) is 0 Å². The summed E-state index contributed by atoms with van der Waals surface area (Å²) in [4.78, 5) is 9.72. The van der Waals surface area contributed by atoms with Crippen molar-refractivity contribution in [2.45, 2.75) is 51.9 Å². The zero-order valence-corrected chi connectivity index (χ0v) is 13.9. The minimum atomic E-state index is 0.624. The van der Waals surface area contributed by atoms with E-state index in [1.165, 1.54) is 34.9 Å². The van der Waals surface area contributed by atoms with E-state index in [1.807, 2.05) is 0 Å². The third-order valence-electron chi connectivity index (χ3n) is 4.69. The molecule has 2 fully saturated rings. The van der Waals surface area contributed by atoms with Crippen LogP contribution in [0.5, 0.6) is 0 Å². The highest BCUT2D eigenvalue weighted by molar-refractivity contribution is 14.1. The molecule has 2 aliphatic rings. The third-order valence-corrected chi connectivity index (χ3v) is 5.82. The van der Waals surface area contributed by atoms with Gasteiger partial charge in [-0.3, -0.25) is 0 Å². The molecule has 3 atom stereocenters. The maximum atomic E-state index is 4.88. The van der Waals surface area contributed by atoms with Crippen LogP contribution in [0.25, 0.3) is 0 Å². The molecule has 19 heavy (non-hydrogen) atoms. The Bertz CT molecular complexity index is 475. The largest absolute Gasteiger partial charge is 0.369 e. The van der Waals surface area contributed by atoms with Gasteiger partial charge in [0.15, 0.2) is 0 Å². The fraction of sp³-hybridized carbons (Fsp3) is 0.733. The van der Waals surface area contributed by atoms with Crippen LogP contribution < -0.4 is 5.32 Å². The molecule has 3 nitrogen and oxygen atoms in total. The summed E-state index contributed by atoms with van der Waals surface area (Å²) in [5.41, 5.74) is 1.21. The van der Waals surface area contributed by atoms with Gasteiger partial charge < -0.3 is 5.32 Å².